The molecule has 0 unspecified atom stereocenters. The van der Waals surface area contributed by atoms with E-state index in [2.05, 4.69) is 9.88 Å². The van der Waals surface area contributed by atoms with Gasteiger partial charge in [-0.1, -0.05) is 0 Å². The molecule has 1 aromatic heterocycles. The van der Waals surface area contributed by atoms with E-state index in [9.17, 15) is 0 Å². The van der Waals surface area contributed by atoms with Gasteiger partial charge in [0.1, 0.15) is 19.0 Å². The van der Waals surface area contributed by atoms with Crippen molar-refractivity contribution in [3.8, 4) is 11.5 Å². The highest BCUT2D eigenvalue weighted by atomic mass is 16.6. The maximum absolute atomic E-state index is 9.11. The van der Waals surface area contributed by atoms with E-state index in [1.807, 2.05) is 19.2 Å². The van der Waals surface area contributed by atoms with Crippen molar-refractivity contribution in [3.63, 3.8) is 0 Å². The summed E-state index contributed by atoms with van der Waals surface area (Å²) in [6.07, 6.45) is 1.56. The quantitative estimate of drug-likeness (QED) is 0.829. The molecule has 2 heterocycles. The fraction of sp³-hybridized carbons (Fsp3) is 0.533. The average Bonchev–Trinajstić information content (AvgIpc) is 2.85. The van der Waals surface area contributed by atoms with Crippen LogP contribution in [0.3, 0.4) is 0 Å². The molecule has 0 aliphatic carbocycles. The lowest BCUT2D eigenvalue weighted by molar-refractivity contribution is 0.172. The van der Waals surface area contributed by atoms with Gasteiger partial charge in [-0.05, 0) is 13.5 Å². The van der Waals surface area contributed by atoms with Gasteiger partial charge in [0.15, 0.2) is 11.5 Å². The number of imidazole rings is 1. The van der Waals surface area contributed by atoms with E-state index in [0.29, 0.717) is 19.6 Å². The summed E-state index contributed by atoms with van der Waals surface area (Å²) in [6.45, 7) is 2.96. The fourth-order valence-corrected chi connectivity index (χ4v) is 2.62. The summed E-state index contributed by atoms with van der Waals surface area (Å²) in [6, 6.07) is 3.94. The zero-order valence-corrected chi connectivity index (χ0v) is 12.3. The van der Waals surface area contributed by atoms with Gasteiger partial charge in [0.2, 0.25) is 0 Å². The van der Waals surface area contributed by atoms with Crippen LogP contribution in [0, 0.1) is 0 Å². The van der Waals surface area contributed by atoms with E-state index in [-0.39, 0.29) is 6.61 Å². The highest BCUT2D eigenvalue weighted by Gasteiger charge is 2.17. The van der Waals surface area contributed by atoms with Crippen LogP contribution in [0.5, 0.6) is 11.5 Å². The molecule has 1 aromatic carbocycles. The summed E-state index contributed by atoms with van der Waals surface area (Å²) >= 11 is 0. The van der Waals surface area contributed by atoms with E-state index in [0.717, 1.165) is 47.9 Å². The molecule has 6 heteroatoms. The molecular weight excluding hydrogens is 270 g/mol. The van der Waals surface area contributed by atoms with Gasteiger partial charge in [0.05, 0.1) is 11.0 Å². The number of fused-ring (bicyclic) bond motifs is 2. The number of ether oxygens (including phenoxy) is 2. The number of nitrogens with one attached hydrogen (secondary N) is 1. The number of nitrogens with zero attached hydrogens (tertiary/aromatic N) is 2. The van der Waals surface area contributed by atoms with Crippen molar-refractivity contribution in [1.82, 2.24) is 14.9 Å². The maximum Gasteiger partial charge on any atom is 0.163 e. The van der Waals surface area contributed by atoms with Gasteiger partial charge in [-0.2, -0.15) is 0 Å². The van der Waals surface area contributed by atoms with Crippen molar-refractivity contribution < 1.29 is 14.6 Å². The molecule has 1 aliphatic rings. The Kier molecular flexibility index (Phi) is 4.26. The predicted molar refractivity (Wildman–Crippen MR) is 80.1 cm³/mol. The first-order valence-corrected chi connectivity index (χ1v) is 7.37. The normalized spacial score (nSPS) is 13.8. The van der Waals surface area contributed by atoms with Gasteiger partial charge >= 0.3 is 0 Å². The number of aryl methyl sites for hydroxylation is 1. The van der Waals surface area contributed by atoms with Crippen molar-refractivity contribution in [2.45, 2.75) is 19.4 Å². The number of hydrogen-bond acceptors (Lipinski definition) is 5. The van der Waals surface area contributed by atoms with Gasteiger partial charge in [-0.3, -0.25) is 0 Å². The first-order chi connectivity index (χ1) is 10.3. The summed E-state index contributed by atoms with van der Waals surface area (Å²) in [7, 11) is 1.93. The monoisotopic (exact) mass is 291 g/mol. The molecule has 21 heavy (non-hydrogen) atoms. The van der Waals surface area contributed by atoms with Crippen LogP contribution >= 0.6 is 0 Å². The molecule has 0 bridgehead atoms. The SMILES string of the molecule is CNCCc1nc2cc3c(cc2n1CCCO)OCCO3. The molecule has 6 nitrogen and oxygen atoms in total. The Morgan fingerprint density at radius 3 is 2.76 bits per heavy atom. The molecule has 0 spiro atoms. The summed E-state index contributed by atoms with van der Waals surface area (Å²) in [5.41, 5.74) is 1.96. The number of aliphatic hydroxyl groups is 1. The van der Waals surface area contributed by atoms with E-state index >= 15 is 0 Å². The zero-order chi connectivity index (χ0) is 14.7. The smallest absolute Gasteiger partial charge is 0.163 e. The minimum Gasteiger partial charge on any atom is -0.486 e. The topological polar surface area (TPSA) is 68.5 Å². The van der Waals surface area contributed by atoms with Crippen LogP contribution in [0.1, 0.15) is 12.2 Å². The number of rotatable bonds is 6. The third kappa shape index (κ3) is 2.82. The lowest BCUT2D eigenvalue weighted by Gasteiger charge is -2.18. The van der Waals surface area contributed by atoms with Gasteiger partial charge in [-0.15, -0.1) is 0 Å². The molecule has 3 rings (SSSR count). The van der Waals surface area contributed by atoms with Crippen LogP contribution < -0.4 is 14.8 Å². The van der Waals surface area contributed by atoms with Crippen LogP contribution in [-0.2, 0) is 13.0 Å². The van der Waals surface area contributed by atoms with Crippen molar-refractivity contribution in [1.29, 1.82) is 0 Å². The highest BCUT2D eigenvalue weighted by molar-refractivity contribution is 5.80. The number of benzene rings is 1. The van der Waals surface area contributed by atoms with E-state index in [1.165, 1.54) is 0 Å². The summed E-state index contributed by atoms with van der Waals surface area (Å²) in [5, 5.41) is 12.3. The largest absolute Gasteiger partial charge is 0.486 e. The standard InChI is InChI=1S/C15H21N3O3/c1-16-4-3-15-17-11-9-13-14(21-8-7-20-13)10-12(11)18(15)5-2-6-19/h9-10,16,19H,2-8H2,1H3. The Labute approximate surface area is 123 Å². The first kappa shape index (κ1) is 14.2. The van der Waals surface area contributed by atoms with Crippen molar-refractivity contribution in [3.05, 3.63) is 18.0 Å². The molecule has 0 saturated carbocycles. The minimum absolute atomic E-state index is 0.176. The molecule has 0 atom stereocenters. The maximum atomic E-state index is 9.11. The molecule has 0 radical (unpaired) electrons. The van der Waals surface area contributed by atoms with Gasteiger partial charge < -0.3 is 24.5 Å². The van der Waals surface area contributed by atoms with Gasteiger partial charge in [0.25, 0.3) is 0 Å². The van der Waals surface area contributed by atoms with Crippen LogP contribution in [0.15, 0.2) is 12.1 Å². The third-order valence-electron chi connectivity index (χ3n) is 3.63. The van der Waals surface area contributed by atoms with Crippen LogP contribution in [0.25, 0.3) is 11.0 Å². The Morgan fingerprint density at radius 2 is 2.05 bits per heavy atom. The highest BCUT2D eigenvalue weighted by Crippen LogP contribution is 2.34. The first-order valence-electron chi connectivity index (χ1n) is 7.37. The Hall–Kier alpha value is -1.79. The summed E-state index contributed by atoms with van der Waals surface area (Å²) in [4.78, 5) is 4.72. The van der Waals surface area contributed by atoms with E-state index in [1.54, 1.807) is 0 Å². The predicted octanol–water partition coefficient (Wildman–Crippen LogP) is 0.952. The molecule has 2 aromatic rings. The average molecular weight is 291 g/mol. The Balaban J connectivity index is 2.03. The van der Waals surface area contributed by atoms with E-state index < -0.39 is 0 Å². The van der Waals surface area contributed by atoms with Crippen LogP contribution in [0.4, 0.5) is 0 Å². The number of aromatic nitrogens is 2. The Morgan fingerprint density at radius 1 is 1.29 bits per heavy atom. The van der Waals surface area contributed by atoms with Crippen molar-refractivity contribution >= 4 is 11.0 Å². The van der Waals surface area contributed by atoms with Crippen LogP contribution in [-0.4, -0.2) is 48.1 Å². The molecule has 0 amide bonds. The second-order valence-corrected chi connectivity index (χ2v) is 5.09. The summed E-state index contributed by atoms with van der Waals surface area (Å²) in [5.74, 6) is 2.56. The van der Waals surface area contributed by atoms with Gasteiger partial charge in [0, 0.05) is 38.2 Å². The second kappa shape index (κ2) is 6.32. The third-order valence-corrected chi connectivity index (χ3v) is 3.63. The lowest BCUT2D eigenvalue weighted by Crippen LogP contribution is -2.15. The molecule has 114 valence electrons. The summed E-state index contributed by atoms with van der Waals surface area (Å²) < 4.78 is 13.4. The van der Waals surface area contributed by atoms with Crippen molar-refractivity contribution in [2.75, 3.05) is 33.4 Å². The fourth-order valence-electron chi connectivity index (χ4n) is 2.62. The van der Waals surface area contributed by atoms with Gasteiger partial charge in [-0.25, -0.2) is 4.98 Å². The van der Waals surface area contributed by atoms with Crippen LogP contribution in [0.2, 0.25) is 0 Å². The number of likely N-dealkylation sites (N-methyl/N-ethyl adjacent to an activating group) is 1. The van der Waals surface area contributed by atoms with E-state index in [4.69, 9.17) is 19.6 Å². The molecule has 0 fully saturated rings. The Bertz CT molecular complexity index is 624. The molecule has 1 aliphatic heterocycles. The molecule has 2 N–H and O–H groups in total. The minimum atomic E-state index is 0.176. The second-order valence-electron chi connectivity index (χ2n) is 5.09. The zero-order valence-electron chi connectivity index (χ0n) is 12.3. The number of aliphatic hydroxyl groups excluding tert-OH is 1. The molecule has 0 saturated heterocycles. The van der Waals surface area contributed by atoms with Crippen molar-refractivity contribution in [2.24, 2.45) is 0 Å². The number of hydrogen-bond donors (Lipinski definition) is 2. The lowest BCUT2D eigenvalue weighted by atomic mass is 10.2. The molecular formula is C15H21N3O3.